The van der Waals surface area contributed by atoms with E-state index in [0.717, 1.165) is 22.4 Å². The molecule has 28 heavy (non-hydrogen) atoms. The first-order chi connectivity index (χ1) is 13.3. The maximum absolute atomic E-state index is 4.48. The van der Waals surface area contributed by atoms with Gasteiger partial charge in [-0.05, 0) is 73.2 Å². The van der Waals surface area contributed by atoms with E-state index < -0.39 is 0 Å². The number of fused-ring (bicyclic) bond motifs is 2. The van der Waals surface area contributed by atoms with Crippen LogP contribution in [0.5, 0.6) is 0 Å². The van der Waals surface area contributed by atoms with Crippen molar-refractivity contribution in [2.45, 2.75) is 53.4 Å². The first kappa shape index (κ1) is 20.0. The smallest absolute Gasteiger partial charge is 0.0705 e. The molecule has 0 aliphatic carbocycles. The zero-order valence-electron chi connectivity index (χ0n) is 17.8. The van der Waals surface area contributed by atoms with Crippen LogP contribution in [0.4, 0.5) is 0 Å². The van der Waals surface area contributed by atoms with Crippen molar-refractivity contribution in [3.05, 3.63) is 83.2 Å². The van der Waals surface area contributed by atoms with Crippen LogP contribution in [0, 0.1) is 13.8 Å². The summed E-state index contributed by atoms with van der Waals surface area (Å²) in [6.45, 7) is 12.9. The van der Waals surface area contributed by atoms with Gasteiger partial charge in [0.25, 0.3) is 0 Å². The van der Waals surface area contributed by atoms with E-state index in [0.29, 0.717) is 11.8 Å². The van der Waals surface area contributed by atoms with Crippen molar-refractivity contribution in [1.29, 1.82) is 0 Å². The largest absolute Gasteiger partial charge is 0.253 e. The SMILES string of the molecule is Cc1ccc2cc(C(C)C)ccc2n1.Cc1ccc2cc(C(C)C)ccc2n1. The fourth-order valence-corrected chi connectivity index (χ4v) is 3.21. The zero-order chi connectivity index (χ0) is 20.3. The van der Waals surface area contributed by atoms with Crippen LogP contribution in [-0.4, -0.2) is 9.97 Å². The van der Waals surface area contributed by atoms with Gasteiger partial charge in [-0.1, -0.05) is 52.0 Å². The van der Waals surface area contributed by atoms with Gasteiger partial charge < -0.3 is 0 Å². The predicted octanol–water partition coefficient (Wildman–Crippen LogP) is 7.33. The van der Waals surface area contributed by atoms with Crippen LogP contribution in [0.2, 0.25) is 0 Å². The van der Waals surface area contributed by atoms with Crippen LogP contribution < -0.4 is 0 Å². The lowest BCUT2D eigenvalue weighted by atomic mass is 10.0. The van der Waals surface area contributed by atoms with E-state index in [4.69, 9.17) is 0 Å². The van der Waals surface area contributed by atoms with Crippen molar-refractivity contribution in [3.8, 4) is 0 Å². The average Bonchev–Trinajstić information content (AvgIpc) is 2.67. The summed E-state index contributed by atoms with van der Waals surface area (Å²) in [7, 11) is 0. The number of hydrogen-bond donors (Lipinski definition) is 0. The van der Waals surface area contributed by atoms with Crippen LogP contribution >= 0.6 is 0 Å². The first-order valence-corrected chi connectivity index (χ1v) is 10.1. The summed E-state index contributed by atoms with van der Waals surface area (Å²) in [6, 6.07) is 21.4. The van der Waals surface area contributed by atoms with Crippen LogP contribution in [-0.2, 0) is 0 Å². The molecule has 0 N–H and O–H groups in total. The number of rotatable bonds is 2. The van der Waals surface area contributed by atoms with E-state index >= 15 is 0 Å². The van der Waals surface area contributed by atoms with Crippen molar-refractivity contribution < 1.29 is 0 Å². The Hall–Kier alpha value is -2.74. The predicted molar refractivity (Wildman–Crippen MR) is 121 cm³/mol. The molecule has 2 aromatic carbocycles. The molecule has 0 aliphatic heterocycles. The van der Waals surface area contributed by atoms with Crippen LogP contribution in [0.3, 0.4) is 0 Å². The fraction of sp³-hybridized carbons (Fsp3) is 0.308. The summed E-state index contributed by atoms with van der Waals surface area (Å²) in [5.74, 6) is 1.17. The molecule has 2 nitrogen and oxygen atoms in total. The van der Waals surface area contributed by atoms with Crippen molar-refractivity contribution in [2.24, 2.45) is 0 Å². The molecule has 0 fully saturated rings. The van der Waals surface area contributed by atoms with Crippen LogP contribution in [0.15, 0.2) is 60.7 Å². The van der Waals surface area contributed by atoms with E-state index in [2.05, 4.69) is 98.3 Å². The van der Waals surface area contributed by atoms with Gasteiger partial charge in [0.05, 0.1) is 11.0 Å². The molecule has 0 bridgehead atoms. The molecular formula is C26H30N2. The standard InChI is InChI=1S/2C13H15N/c2*1-9(2)11-6-7-13-12(8-11)5-4-10(3)14-13/h2*4-9H,1-3H3. The Morgan fingerprint density at radius 1 is 0.536 bits per heavy atom. The molecule has 2 aromatic heterocycles. The normalized spacial score (nSPS) is 11.1. The van der Waals surface area contributed by atoms with Gasteiger partial charge in [0.2, 0.25) is 0 Å². The summed E-state index contributed by atoms with van der Waals surface area (Å²) in [5, 5.41) is 2.48. The second-order valence-corrected chi connectivity index (χ2v) is 8.12. The van der Waals surface area contributed by atoms with Gasteiger partial charge in [-0.25, -0.2) is 0 Å². The Kier molecular flexibility index (Phi) is 6.08. The highest BCUT2D eigenvalue weighted by molar-refractivity contribution is 5.80. The molecule has 0 atom stereocenters. The number of pyridine rings is 2. The third-order valence-corrected chi connectivity index (χ3v) is 5.04. The van der Waals surface area contributed by atoms with E-state index in [9.17, 15) is 0 Å². The Morgan fingerprint density at radius 2 is 0.929 bits per heavy atom. The summed E-state index contributed by atoms with van der Waals surface area (Å²) in [4.78, 5) is 8.95. The first-order valence-electron chi connectivity index (χ1n) is 10.1. The van der Waals surface area contributed by atoms with Crippen molar-refractivity contribution in [1.82, 2.24) is 9.97 Å². The average molecular weight is 371 g/mol. The molecule has 2 heteroatoms. The quantitative estimate of drug-likeness (QED) is 0.369. The number of aromatic nitrogens is 2. The molecule has 0 spiro atoms. The lowest BCUT2D eigenvalue weighted by Crippen LogP contribution is -1.88. The second-order valence-electron chi connectivity index (χ2n) is 8.12. The summed E-state index contributed by atoms with van der Waals surface area (Å²) in [5.41, 5.74) is 7.10. The molecule has 0 saturated carbocycles. The van der Waals surface area contributed by atoms with Gasteiger partial charge in [-0.2, -0.15) is 0 Å². The zero-order valence-corrected chi connectivity index (χ0v) is 17.8. The highest BCUT2D eigenvalue weighted by atomic mass is 14.7. The molecule has 4 aromatic rings. The molecular weight excluding hydrogens is 340 g/mol. The number of hydrogen-bond acceptors (Lipinski definition) is 2. The van der Waals surface area contributed by atoms with Gasteiger partial charge in [0, 0.05) is 22.2 Å². The van der Waals surface area contributed by atoms with E-state index in [1.54, 1.807) is 0 Å². The monoisotopic (exact) mass is 370 g/mol. The maximum Gasteiger partial charge on any atom is 0.0705 e. The highest BCUT2D eigenvalue weighted by Gasteiger charge is 2.02. The lowest BCUT2D eigenvalue weighted by Gasteiger charge is -2.06. The lowest BCUT2D eigenvalue weighted by molar-refractivity contribution is 0.868. The van der Waals surface area contributed by atoms with Crippen LogP contribution in [0.1, 0.15) is 62.0 Å². The van der Waals surface area contributed by atoms with Gasteiger partial charge in [0.1, 0.15) is 0 Å². The Bertz CT molecular complexity index is 1000. The minimum absolute atomic E-state index is 0.584. The van der Waals surface area contributed by atoms with Crippen LogP contribution in [0.25, 0.3) is 21.8 Å². The van der Waals surface area contributed by atoms with Gasteiger partial charge in [-0.15, -0.1) is 0 Å². The minimum Gasteiger partial charge on any atom is -0.253 e. The molecule has 0 aliphatic rings. The Balaban J connectivity index is 0.000000161. The van der Waals surface area contributed by atoms with Crippen molar-refractivity contribution in [3.63, 3.8) is 0 Å². The molecule has 0 radical (unpaired) electrons. The van der Waals surface area contributed by atoms with Crippen molar-refractivity contribution >= 4 is 21.8 Å². The maximum atomic E-state index is 4.48. The number of nitrogens with zero attached hydrogens (tertiary/aromatic N) is 2. The third-order valence-electron chi connectivity index (χ3n) is 5.04. The molecule has 0 unspecified atom stereocenters. The second kappa shape index (κ2) is 8.52. The molecule has 4 rings (SSSR count). The van der Waals surface area contributed by atoms with Gasteiger partial charge in [0.15, 0.2) is 0 Å². The minimum atomic E-state index is 0.584. The molecule has 2 heterocycles. The van der Waals surface area contributed by atoms with Gasteiger partial charge >= 0.3 is 0 Å². The van der Waals surface area contributed by atoms with Gasteiger partial charge in [-0.3, -0.25) is 9.97 Å². The summed E-state index contributed by atoms with van der Waals surface area (Å²) < 4.78 is 0. The molecule has 0 amide bonds. The third kappa shape index (κ3) is 4.75. The fourth-order valence-electron chi connectivity index (χ4n) is 3.21. The number of benzene rings is 2. The van der Waals surface area contributed by atoms with E-state index in [-0.39, 0.29) is 0 Å². The molecule has 0 saturated heterocycles. The Labute approximate surface area is 168 Å². The summed E-state index contributed by atoms with van der Waals surface area (Å²) >= 11 is 0. The van der Waals surface area contributed by atoms with E-state index in [1.165, 1.54) is 21.9 Å². The summed E-state index contributed by atoms with van der Waals surface area (Å²) in [6.07, 6.45) is 0. The Morgan fingerprint density at radius 3 is 1.29 bits per heavy atom. The highest BCUT2D eigenvalue weighted by Crippen LogP contribution is 2.21. The molecule has 144 valence electrons. The number of aryl methyl sites for hydroxylation is 2. The topological polar surface area (TPSA) is 25.8 Å². The van der Waals surface area contributed by atoms with Crippen molar-refractivity contribution in [2.75, 3.05) is 0 Å². The van der Waals surface area contributed by atoms with E-state index in [1.807, 2.05) is 13.8 Å².